The smallest absolute Gasteiger partial charge is 0.246 e. The zero-order chi connectivity index (χ0) is 22.9. The lowest BCUT2D eigenvalue weighted by Crippen LogP contribution is -2.29. The number of anilines is 1. The molecule has 0 aliphatic carbocycles. The van der Waals surface area contributed by atoms with Crippen molar-refractivity contribution in [1.29, 1.82) is 0 Å². The predicted molar refractivity (Wildman–Crippen MR) is 135 cm³/mol. The van der Waals surface area contributed by atoms with Gasteiger partial charge in [-0.05, 0) is 32.4 Å². The fourth-order valence-electron chi connectivity index (χ4n) is 4.37. The number of fused-ring (bicyclic) bond motifs is 1. The molecule has 0 bridgehead atoms. The molecule has 1 N–H and O–H groups in total. The predicted octanol–water partition coefficient (Wildman–Crippen LogP) is 5.19. The molecule has 170 valence electrons. The molecule has 3 aromatic heterocycles. The number of aromatic nitrogens is 3. The van der Waals surface area contributed by atoms with Gasteiger partial charge in [0.15, 0.2) is 5.13 Å². The van der Waals surface area contributed by atoms with E-state index in [4.69, 9.17) is 4.98 Å². The summed E-state index contributed by atoms with van der Waals surface area (Å²) in [5.41, 5.74) is 6.62. The van der Waals surface area contributed by atoms with Gasteiger partial charge in [-0.2, -0.15) is 0 Å². The highest BCUT2D eigenvalue weighted by molar-refractivity contribution is 7.15. The number of amides is 1. The topological polar surface area (TPSA) is 63.1 Å². The van der Waals surface area contributed by atoms with Crippen molar-refractivity contribution >= 4 is 33.7 Å². The monoisotopic (exact) mass is 477 g/mol. The number of thiazole rings is 2. The Morgan fingerprint density at radius 3 is 2.73 bits per heavy atom. The molecular formula is C25H27N5OS2. The fourth-order valence-corrected chi connectivity index (χ4v) is 6.05. The van der Waals surface area contributed by atoms with Crippen molar-refractivity contribution in [2.45, 2.75) is 46.8 Å². The van der Waals surface area contributed by atoms with E-state index in [9.17, 15) is 4.79 Å². The Morgan fingerprint density at radius 2 is 1.97 bits per heavy atom. The first-order valence-electron chi connectivity index (χ1n) is 11.1. The van der Waals surface area contributed by atoms with E-state index in [0.717, 1.165) is 59.4 Å². The van der Waals surface area contributed by atoms with Gasteiger partial charge in [0.25, 0.3) is 0 Å². The molecule has 0 fully saturated rings. The zero-order valence-corrected chi connectivity index (χ0v) is 20.7. The molecule has 0 spiro atoms. The Bertz CT molecular complexity index is 1290. The zero-order valence-electron chi connectivity index (χ0n) is 19.1. The van der Waals surface area contributed by atoms with Crippen molar-refractivity contribution in [2.75, 3.05) is 11.9 Å². The molecule has 8 heteroatoms. The van der Waals surface area contributed by atoms with Gasteiger partial charge in [0.1, 0.15) is 6.54 Å². The Kier molecular flexibility index (Phi) is 6.14. The summed E-state index contributed by atoms with van der Waals surface area (Å²) in [7, 11) is 0. The van der Waals surface area contributed by atoms with Crippen molar-refractivity contribution in [3.05, 3.63) is 74.3 Å². The lowest BCUT2D eigenvalue weighted by atomic mass is 10.1. The number of rotatable bonds is 6. The van der Waals surface area contributed by atoms with Crippen molar-refractivity contribution in [3.63, 3.8) is 0 Å². The minimum atomic E-state index is -0.0509. The van der Waals surface area contributed by atoms with Crippen LogP contribution >= 0.6 is 22.7 Å². The third-order valence-electron chi connectivity index (χ3n) is 6.08. The van der Waals surface area contributed by atoms with Gasteiger partial charge in [0.05, 0.1) is 16.4 Å². The SMILES string of the molecule is Cc1nc(-c2cc(C)n(CC(=O)Nc3nc4c(s3)CN(Cc3ccccc3)CC4)c2C)cs1. The maximum Gasteiger partial charge on any atom is 0.246 e. The summed E-state index contributed by atoms with van der Waals surface area (Å²) in [5.74, 6) is -0.0509. The molecule has 6 nitrogen and oxygen atoms in total. The molecule has 1 amide bonds. The first-order chi connectivity index (χ1) is 16.0. The summed E-state index contributed by atoms with van der Waals surface area (Å²) < 4.78 is 2.05. The highest BCUT2D eigenvalue weighted by Crippen LogP contribution is 2.30. The van der Waals surface area contributed by atoms with Gasteiger partial charge in [-0.3, -0.25) is 9.69 Å². The average molecular weight is 478 g/mol. The third kappa shape index (κ3) is 4.78. The van der Waals surface area contributed by atoms with Crippen molar-refractivity contribution in [2.24, 2.45) is 0 Å². The summed E-state index contributed by atoms with van der Waals surface area (Å²) in [6, 6.07) is 12.7. The molecule has 4 aromatic rings. The molecule has 1 aromatic carbocycles. The second kappa shape index (κ2) is 9.21. The van der Waals surface area contributed by atoms with Crippen LogP contribution in [0.4, 0.5) is 5.13 Å². The summed E-state index contributed by atoms with van der Waals surface area (Å²) in [4.78, 5) is 25.9. The average Bonchev–Trinajstić information content (AvgIpc) is 3.47. The molecule has 0 radical (unpaired) electrons. The van der Waals surface area contributed by atoms with Gasteiger partial charge in [-0.15, -0.1) is 22.7 Å². The largest absolute Gasteiger partial charge is 0.339 e. The first kappa shape index (κ1) is 22.0. The normalized spacial score (nSPS) is 13.8. The lowest BCUT2D eigenvalue weighted by Gasteiger charge is -2.25. The van der Waals surface area contributed by atoms with Crippen LogP contribution in [-0.2, 0) is 30.8 Å². The van der Waals surface area contributed by atoms with Gasteiger partial charge in [0, 0.05) is 53.3 Å². The Labute approximate surface area is 201 Å². The van der Waals surface area contributed by atoms with Crippen LogP contribution in [-0.4, -0.2) is 31.9 Å². The molecule has 1 aliphatic heterocycles. The van der Waals surface area contributed by atoms with Crippen LogP contribution in [0.2, 0.25) is 0 Å². The summed E-state index contributed by atoms with van der Waals surface area (Å²) in [6.45, 7) is 9.16. The van der Waals surface area contributed by atoms with Crippen LogP contribution in [0.25, 0.3) is 11.3 Å². The number of benzene rings is 1. The van der Waals surface area contributed by atoms with E-state index in [2.05, 4.69) is 55.5 Å². The number of nitrogens with one attached hydrogen (secondary N) is 1. The van der Waals surface area contributed by atoms with Crippen LogP contribution in [0.1, 0.15) is 32.5 Å². The molecular weight excluding hydrogens is 450 g/mol. The van der Waals surface area contributed by atoms with Gasteiger partial charge in [-0.1, -0.05) is 30.3 Å². The second-order valence-corrected chi connectivity index (χ2v) is 10.7. The van der Waals surface area contributed by atoms with Crippen LogP contribution in [0.3, 0.4) is 0 Å². The molecule has 5 rings (SSSR count). The molecule has 0 saturated carbocycles. The molecule has 0 atom stereocenters. The quantitative estimate of drug-likeness (QED) is 0.415. The van der Waals surface area contributed by atoms with Crippen LogP contribution in [0, 0.1) is 20.8 Å². The second-order valence-electron chi connectivity index (χ2n) is 8.51. The Balaban J connectivity index is 1.24. The molecule has 0 saturated heterocycles. The van der Waals surface area contributed by atoms with E-state index in [-0.39, 0.29) is 12.5 Å². The van der Waals surface area contributed by atoms with E-state index < -0.39 is 0 Å². The van der Waals surface area contributed by atoms with Crippen LogP contribution in [0.15, 0.2) is 41.8 Å². The van der Waals surface area contributed by atoms with Crippen LogP contribution in [0.5, 0.6) is 0 Å². The summed E-state index contributed by atoms with van der Waals surface area (Å²) in [6.07, 6.45) is 0.917. The number of carbonyl (C=O) groups is 1. The van der Waals surface area contributed by atoms with E-state index in [1.165, 1.54) is 10.4 Å². The van der Waals surface area contributed by atoms with Crippen molar-refractivity contribution in [3.8, 4) is 11.3 Å². The highest BCUT2D eigenvalue weighted by Gasteiger charge is 2.22. The summed E-state index contributed by atoms with van der Waals surface area (Å²) >= 11 is 3.24. The number of carbonyl (C=O) groups excluding carboxylic acids is 1. The van der Waals surface area contributed by atoms with Crippen molar-refractivity contribution in [1.82, 2.24) is 19.4 Å². The minimum absolute atomic E-state index is 0.0509. The Hall–Kier alpha value is -2.81. The van der Waals surface area contributed by atoms with Gasteiger partial charge >= 0.3 is 0 Å². The van der Waals surface area contributed by atoms with Gasteiger partial charge < -0.3 is 9.88 Å². The number of nitrogens with zero attached hydrogens (tertiary/aromatic N) is 4. The molecule has 0 unspecified atom stereocenters. The number of hydrogen-bond donors (Lipinski definition) is 1. The van der Waals surface area contributed by atoms with Crippen LogP contribution < -0.4 is 5.32 Å². The third-order valence-corrected chi connectivity index (χ3v) is 7.85. The first-order valence-corrected chi connectivity index (χ1v) is 12.8. The standard InChI is InChI=1S/C25H27N5OS2/c1-16-11-20(22-15-32-18(3)26-22)17(2)30(16)14-24(31)28-25-27-21-9-10-29(13-23(21)33-25)12-19-7-5-4-6-8-19/h4-8,11,15H,9-10,12-14H2,1-3H3,(H,27,28,31). The maximum absolute atomic E-state index is 12.9. The highest BCUT2D eigenvalue weighted by atomic mass is 32.1. The van der Waals surface area contributed by atoms with E-state index >= 15 is 0 Å². The minimum Gasteiger partial charge on any atom is -0.339 e. The molecule has 33 heavy (non-hydrogen) atoms. The van der Waals surface area contributed by atoms with E-state index in [0.29, 0.717) is 5.13 Å². The van der Waals surface area contributed by atoms with E-state index in [1.54, 1.807) is 22.7 Å². The van der Waals surface area contributed by atoms with E-state index in [1.807, 2.05) is 26.8 Å². The number of hydrogen-bond acceptors (Lipinski definition) is 6. The molecule has 4 heterocycles. The lowest BCUT2D eigenvalue weighted by molar-refractivity contribution is -0.116. The Morgan fingerprint density at radius 1 is 1.15 bits per heavy atom. The van der Waals surface area contributed by atoms with Crippen molar-refractivity contribution < 1.29 is 4.79 Å². The maximum atomic E-state index is 12.9. The fraction of sp³-hybridized carbons (Fsp3) is 0.320. The molecule has 1 aliphatic rings. The van der Waals surface area contributed by atoms with Gasteiger partial charge in [0.2, 0.25) is 5.91 Å². The van der Waals surface area contributed by atoms with Gasteiger partial charge in [-0.25, -0.2) is 9.97 Å². The summed E-state index contributed by atoms with van der Waals surface area (Å²) in [5, 5.41) is 6.85. The number of aryl methyl sites for hydroxylation is 2.